The van der Waals surface area contributed by atoms with Crippen molar-refractivity contribution in [3.63, 3.8) is 0 Å². The van der Waals surface area contributed by atoms with E-state index in [1.54, 1.807) is 0 Å². The Labute approximate surface area is 126 Å². The molecule has 0 bridgehead atoms. The summed E-state index contributed by atoms with van der Waals surface area (Å²) < 4.78 is 0. The molecule has 0 fully saturated rings. The highest BCUT2D eigenvalue weighted by molar-refractivity contribution is 5.80. The van der Waals surface area contributed by atoms with E-state index in [1.807, 2.05) is 13.8 Å². The van der Waals surface area contributed by atoms with Crippen molar-refractivity contribution in [1.29, 1.82) is 0 Å². The molecule has 118 valence electrons. The second-order valence-electron chi connectivity index (χ2n) is 5.40. The van der Waals surface area contributed by atoms with Crippen molar-refractivity contribution in [2.24, 2.45) is 0 Å². The predicted octanol–water partition coefficient (Wildman–Crippen LogP) is 4.34. The van der Waals surface area contributed by atoms with Gasteiger partial charge in [-0.15, -0.1) is 0 Å². The smallest absolute Gasteiger partial charge is 0.328 e. The molecular formula is C17H26O4. The van der Waals surface area contributed by atoms with Crippen LogP contribution in [0.3, 0.4) is 0 Å². The molecule has 0 rings (SSSR count). The van der Waals surface area contributed by atoms with Crippen LogP contribution >= 0.6 is 0 Å². The minimum atomic E-state index is -0.893. The van der Waals surface area contributed by atoms with E-state index >= 15 is 0 Å². The monoisotopic (exact) mass is 294 g/mol. The normalized spacial score (nSPS) is 13.4. The van der Waals surface area contributed by atoms with Crippen molar-refractivity contribution in [3.8, 4) is 0 Å². The van der Waals surface area contributed by atoms with Crippen molar-refractivity contribution in [3.05, 3.63) is 34.9 Å². The lowest BCUT2D eigenvalue weighted by Gasteiger charge is -2.02. The molecule has 4 nitrogen and oxygen atoms in total. The van der Waals surface area contributed by atoms with Gasteiger partial charge in [0, 0.05) is 12.5 Å². The average Bonchev–Trinajstić information content (AvgIpc) is 2.35. The number of aliphatic carboxylic acids is 2. The molecule has 0 heterocycles. The standard InChI is InChI=1S/C17H26O4/c1-13(7-5-9-15(3)12-17(20)21)6-4-8-14(2)10-11-16(18)19/h7-8,12H,4-6,9-11H2,1-3H3,(H,18,19)(H,20,21). The van der Waals surface area contributed by atoms with Crippen LogP contribution in [0, 0.1) is 0 Å². The Hall–Kier alpha value is -1.84. The maximum Gasteiger partial charge on any atom is 0.328 e. The van der Waals surface area contributed by atoms with E-state index in [2.05, 4.69) is 19.1 Å². The van der Waals surface area contributed by atoms with E-state index in [4.69, 9.17) is 10.2 Å². The number of allylic oxidation sites excluding steroid dienone is 5. The van der Waals surface area contributed by atoms with Gasteiger partial charge < -0.3 is 10.2 Å². The average molecular weight is 294 g/mol. The molecule has 2 N–H and O–H groups in total. The van der Waals surface area contributed by atoms with Crippen LogP contribution in [-0.2, 0) is 9.59 Å². The van der Waals surface area contributed by atoms with Gasteiger partial charge in [-0.25, -0.2) is 4.79 Å². The molecule has 0 aliphatic heterocycles. The van der Waals surface area contributed by atoms with Crippen LogP contribution in [0.5, 0.6) is 0 Å². The summed E-state index contributed by atoms with van der Waals surface area (Å²) in [5.41, 5.74) is 3.27. The summed E-state index contributed by atoms with van der Waals surface area (Å²) in [4.78, 5) is 20.9. The van der Waals surface area contributed by atoms with E-state index in [0.717, 1.165) is 36.8 Å². The summed E-state index contributed by atoms with van der Waals surface area (Å²) in [5, 5.41) is 17.2. The summed E-state index contributed by atoms with van der Waals surface area (Å²) in [6.07, 6.45) is 9.75. The van der Waals surface area contributed by atoms with E-state index < -0.39 is 11.9 Å². The van der Waals surface area contributed by atoms with Crippen LogP contribution in [0.15, 0.2) is 34.9 Å². The van der Waals surface area contributed by atoms with Gasteiger partial charge >= 0.3 is 11.9 Å². The maximum atomic E-state index is 10.5. The third kappa shape index (κ3) is 12.9. The first kappa shape index (κ1) is 19.2. The molecule has 4 heteroatoms. The zero-order chi connectivity index (χ0) is 16.3. The van der Waals surface area contributed by atoms with Gasteiger partial charge in [0.15, 0.2) is 0 Å². The molecule has 0 radical (unpaired) electrons. The van der Waals surface area contributed by atoms with Gasteiger partial charge in [-0.2, -0.15) is 0 Å². The Morgan fingerprint density at radius 1 is 0.762 bits per heavy atom. The molecule has 0 atom stereocenters. The lowest BCUT2D eigenvalue weighted by molar-refractivity contribution is -0.137. The summed E-state index contributed by atoms with van der Waals surface area (Å²) in [6.45, 7) is 5.85. The second kappa shape index (κ2) is 10.9. The highest BCUT2D eigenvalue weighted by Crippen LogP contribution is 2.12. The van der Waals surface area contributed by atoms with Crippen LogP contribution in [0.1, 0.15) is 59.3 Å². The SMILES string of the molecule is CC(=CCCC(C)=CC(=O)O)CCC=C(C)CCC(=O)O. The van der Waals surface area contributed by atoms with Gasteiger partial charge in [0.2, 0.25) is 0 Å². The van der Waals surface area contributed by atoms with Crippen molar-refractivity contribution in [2.45, 2.75) is 59.3 Å². The fraction of sp³-hybridized carbons (Fsp3) is 0.529. The molecule has 0 aromatic rings. The fourth-order valence-corrected chi connectivity index (χ4v) is 1.88. The lowest BCUT2D eigenvalue weighted by Crippen LogP contribution is -1.94. The van der Waals surface area contributed by atoms with Gasteiger partial charge in [0.05, 0.1) is 0 Å². The second-order valence-corrected chi connectivity index (χ2v) is 5.40. The third-order valence-electron chi connectivity index (χ3n) is 3.17. The molecule has 0 aromatic carbocycles. The quantitative estimate of drug-likeness (QED) is 0.464. The van der Waals surface area contributed by atoms with Crippen LogP contribution in [0.25, 0.3) is 0 Å². The highest BCUT2D eigenvalue weighted by atomic mass is 16.4. The zero-order valence-corrected chi connectivity index (χ0v) is 13.2. The van der Waals surface area contributed by atoms with E-state index in [9.17, 15) is 9.59 Å². The Kier molecular flexibility index (Phi) is 9.94. The van der Waals surface area contributed by atoms with Crippen molar-refractivity contribution >= 4 is 11.9 Å². The Morgan fingerprint density at radius 3 is 1.71 bits per heavy atom. The Balaban J connectivity index is 4.00. The molecule has 21 heavy (non-hydrogen) atoms. The number of carboxylic acid groups (broad SMARTS) is 2. The largest absolute Gasteiger partial charge is 0.481 e. The van der Waals surface area contributed by atoms with Gasteiger partial charge in [-0.1, -0.05) is 28.9 Å². The minimum absolute atomic E-state index is 0.187. The molecule has 0 unspecified atom stereocenters. The molecule has 0 saturated heterocycles. The van der Waals surface area contributed by atoms with Gasteiger partial charge in [0.25, 0.3) is 0 Å². The summed E-state index contributed by atoms with van der Waals surface area (Å²) >= 11 is 0. The van der Waals surface area contributed by atoms with Crippen molar-refractivity contribution in [2.75, 3.05) is 0 Å². The first-order valence-electron chi connectivity index (χ1n) is 7.24. The minimum Gasteiger partial charge on any atom is -0.481 e. The topological polar surface area (TPSA) is 74.6 Å². The van der Waals surface area contributed by atoms with Crippen LogP contribution in [0.4, 0.5) is 0 Å². The summed E-state index contributed by atoms with van der Waals surface area (Å²) in [7, 11) is 0. The van der Waals surface area contributed by atoms with Crippen LogP contribution in [0.2, 0.25) is 0 Å². The molecule has 0 aromatic heterocycles. The number of hydrogen-bond donors (Lipinski definition) is 2. The molecule has 0 aliphatic rings. The summed E-state index contributed by atoms with van der Waals surface area (Å²) in [5.74, 6) is -1.65. The van der Waals surface area contributed by atoms with Crippen LogP contribution < -0.4 is 0 Å². The molecule has 0 amide bonds. The first-order chi connectivity index (χ1) is 9.81. The highest BCUT2D eigenvalue weighted by Gasteiger charge is 1.98. The number of carbonyl (C=O) groups is 2. The number of carboxylic acids is 2. The van der Waals surface area contributed by atoms with Crippen molar-refractivity contribution < 1.29 is 19.8 Å². The number of hydrogen-bond acceptors (Lipinski definition) is 2. The van der Waals surface area contributed by atoms with Gasteiger partial charge in [-0.05, 0) is 52.9 Å². The van der Waals surface area contributed by atoms with Gasteiger partial charge in [-0.3, -0.25) is 4.79 Å². The first-order valence-corrected chi connectivity index (χ1v) is 7.24. The Morgan fingerprint density at radius 2 is 1.24 bits per heavy atom. The molecule has 0 aliphatic carbocycles. The Bertz CT molecular complexity index is 442. The van der Waals surface area contributed by atoms with Crippen molar-refractivity contribution in [1.82, 2.24) is 0 Å². The third-order valence-corrected chi connectivity index (χ3v) is 3.17. The lowest BCUT2D eigenvalue weighted by atomic mass is 10.0. The maximum absolute atomic E-state index is 10.5. The molecule has 0 spiro atoms. The van der Waals surface area contributed by atoms with E-state index in [0.29, 0.717) is 6.42 Å². The fourth-order valence-electron chi connectivity index (χ4n) is 1.88. The van der Waals surface area contributed by atoms with Gasteiger partial charge in [0.1, 0.15) is 0 Å². The summed E-state index contributed by atoms with van der Waals surface area (Å²) in [6, 6.07) is 0. The van der Waals surface area contributed by atoms with E-state index in [-0.39, 0.29) is 6.42 Å². The van der Waals surface area contributed by atoms with E-state index in [1.165, 1.54) is 11.6 Å². The molecule has 0 saturated carbocycles. The predicted molar refractivity (Wildman–Crippen MR) is 84.2 cm³/mol. The molecular weight excluding hydrogens is 268 g/mol. The number of rotatable bonds is 10. The zero-order valence-electron chi connectivity index (χ0n) is 13.2. The van der Waals surface area contributed by atoms with Crippen LogP contribution in [-0.4, -0.2) is 22.2 Å².